The monoisotopic (exact) mass is 663 g/mol. The maximum absolute atomic E-state index is 6.59. The molecule has 52 heavy (non-hydrogen) atoms. The Morgan fingerprint density at radius 2 is 0.981 bits per heavy atom. The molecule has 0 aliphatic carbocycles. The average molecular weight is 664 g/mol. The summed E-state index contributed by atoms with van der Waals surface area (Å²) in [6.07, 6.45) is 0. The van der Waals surface area contributed by atoms with Crippen molar-refractivity contribution in [1.29, 1.82) is 0 Å². The van der Waals surface area contributed by atoms with Gasteiger partial charge in [0.05, 0.1) is 11.2 Å². The third-order valence-electron chi connectivity index (χ3n) is 10.5. The zero-order valence-electron chi connectivity index (χ0n) is 28.0. The Morgan fingerprint density at radius 1 is 0.346 bits per heavy atom. The van der Waals surface area contributed by atoms with Crippen LogP contribution in [-0.4, -0.2) is 4.98 Å². The summed E-state index contributed by atoms with van der Waals surface area (Å²) >= 11 is 0. The largest absolute Gasteiger partial charge is 0.456 e. The fourth-order valence-electron chi connectivity index (χ4n) is 8.09. The van der Waals surface area contributed by atoms with Crippen molar-refractivity contribution in [2.75, 3.05) is 0 Å². The number of furan rings is 2. The van der Waals surface area contributed by atoms with E-state index in [4.69, 9.17) is 13.8 Å². The molecule has 0 fully saturated rings. The molecule has 0 amide bonds. The van der Waals surface area contributed by atoms with Gasteiger partial charge >= 0.3 is 0 Å². The smallest absolute Gasteiger partial charge is 0.143 e. The molecule has 0 aliphatic rings. The molecule has 0 atom stereocenters. The van der Waals surface area contributed by atoms with Crippen LogP contribution in [0.4, 0.5) is 0 Å². The molecule has 0 saturated heterocycles. The Balaban J connectivity index is 1.12. The summed E-state index contributed by atoms with van der Waals surface area (Å²) in [7, 11) is 0. The van der Waals surface area contributed by atoms with Crippen LogP contribution in [0.3, 0.4) is 0 Å². The first kappa shape index (κ1) is 28.8. The summed E-state index contributed by atoms with van der Waals surface area (Å²) < 4.78 is 13.0. The lowest BCUT2D eigenvalue weighted by atomic mass is 9.89. The molecule has 0 spiro atoms. The highest BCUT2D eigenvalue weighted by Gasteiger charge is 2.22. The molecule has 3 heteroatoms. The number of aromatic nitrogens is 1. The van der Waals surface area contributed by atoms with Crippen molar-refractivity contribution in [3.63, 3.8) is 0 Å². The Hall–Kier alpha value is -6.97. The quantitative estimate of drug-likeness (QED) is 0.176. The first-order chi connectivity index (χ1) is 25.8. The zero-order chi connectivity index (χ0) is 34.2. The molecule has 11 rings (SSSR count). The van der Waals surface area contributed by atoms with E-state index in [-0.39, 0.29) is 0 Å². The van der Waals surface area contributed by atoms with Crippen LogP contribution in [0, 0.1) is 0 Å². The molecule has 0 bridgehead atoms. The second-order valence-corrected chi connectivity index (χ2v) is 13.4. The molecular formula is C49H29NO2. The fourth-order valence-corrected chi connectivity index (χ4v) is 8.09. The van der Waals surface area contributed by atoms with Gasteiger partial charge < -0.3 is 8.83 Å². The van der Waals surface area contributed by atoms with Gasteiger partial charge in [0.1, 0.15) is 22.3 Å². The van der Waals surface area contributed by atoms with E-state index in [1.165, 1.54) is 5.39 Å². The topological polar surface area (TPSA) is 39.2 Å². The minimum atomic E-state index is 0.856. The number of rotatable bonds is 4. The highest BCUT2D eigenvalue weighted by atomic mass is 16.3. The van der Waals surface area contributed by atoms with Crippen molar-refractivity contribution in [3.8, 4) is 44.6 Å². The Kier molecular flexibility index (Phi) is 6.25. The molecule has 3 heterocycles. The SMILES string of the molecule is c1ccc(-c2nc3ccccc3c3c(-c4ccc(-c5cccc(-c6cccc7c6oc6ccccc67)c5)cc4)c4c(cc23)oc2ccccc24)cc1. The summed E-state index contributed by atoms with van der Waals surface area (Å²) in [5.74, 6) is 0. The van der Waals surface area contributed by atoms with E-state index in [2.05, 4.69) is 152 Å². The van der Waals surface area contributed by atoms with Gasteiger partial charge in [0, 0.05) is 54.4 Å². The molecule has 242 valence electrons. The normalized spacial score (nSPS) is 11.8. The van der Waals surface area contributed by atoms with Crippen LogP contribution in [0.1, 0.15) is 0 Å². The van der Waals surface area contributed by atoms with Crippen LogP contribution in [-0.2, 0) is 0 Å². The molecule has 0 N–H and O–H groups in total. The lowest BCUT2D eigenvalue weighted by Crippen LogP contribution is -1.93. The summed E-state index contributed by atoms with van der Waals surface area (Å²) in [5.41, 5.74) is 13.3. The van der Waals surface area contributed by atoms with Gasteiger partial charge in [0.15, 0.2) is 0 Å². The van der Waals surface area contributed by atoms with Gasteiger partial charge in [-0.15, -0.1) is 0 Å². The van der Waals surface area contributed by atoms with E-state index in [1.54, 1.807) is 0 Å². The predicted molar refractivity (Wildman–Crippen MR) is 216 cm³/mol. The van der Waals surface area contributed by atoms with E-state index in [1.807, 2.05) is 24.3 Å². The van der Waals surface area contributed by atoms with Gasteiger partial charge in [-0.2, -0.15) is 0 Å². The average Bonchev–Trinajstić information content (AvgIpc) is 3.78. The molecule has 8 aromatic carbocycles. The third kappa shape index (κ3) is 4.36. The first-order valence-corrected chi connectivity index (χ1v) is 17.6. The standard InChI is InChI=1S/C49H29NO2/c1-2-12-32(13-3-1)48-40-29-44-47(39-18-6-9-23-43(39)51-44)45(46(40)38-17-4-7-21-41(38)50-48)31-26-24-30(25-27-31)33-14-10-15-34(28-33)35-19-11-20-37-36-16-5-8-22-42(36)52-49(35)37/h1-29H. The van der Waals surface area contributed by atoms with Crippen LogP contribution in [0.5, 0.6) is 0 Å². The van der Waals surface area contributed by atoms with Crippen molar-refractivity contribution in [2.45, 2.75) is 0 Å². The Morgan fingerprint density at radius 3 is 1.83 bits per heavy atom. The number of benzene rings is 8. The minimum absolute atomic E-state index is 0.856. The molecule has 3 aromatic heterocycles. The molecule has 0 saturated carbocycles. The zero-order valence-corrected chi connectivity index (χ0v) is 28.0. The van der Waals surface area contributed by atoms with E-state index in [0.29, 0.717) is 0 Å². The molecular weight excluding hydrogens is 635 g/mol. The maximum atomic E-state index is 6.59. The Labute approximate surface area is 299 Å². The number of para-hydroxylation sites is 4. The van der Waals surface area contributed by atoms with Crippen LogP contribution in [0.2, 0.25) is 0 Å². The van der Waals surface area contributed by atoms with Gasteiger partial charge in [-0.05, 0) is 52.6 Å². The predicted octanol–water partition coefficient (Wildman–Crippen LogP) is 13.9. The number of hydrogen-bond donors (Lipinski definition) is 0. The van der Waals surface area contributed by atoms with E-state index in [0.717, 1.165) is 105 Å². The summed E-state index contributed by atoms with van der Waals surface area (Å²) in [4.78, 5) is 5.24. The van der Waals surface area contributed by atoms with Gasteiger partial charge in [0.2, 0.25) is 0 Å². The van der Waals surface area contributed by atoms with Gasteiger partial charge in [-0.3, -0.25) is 0 Å². The number of nitrogens with zero attached hydrogens (tertiary/aromatic N) is 1. The van der Waals surface area contributed by atoms with Crippen molar-refractivity contribution in [2.24, 2.45) is 0 Å². The van der Waals surface area contributed by atoms with Crippen molar-refractivity contribution in [1.82, 2.24) is 4.98 Å². The Bertz CT molecular complexity index is 3170. The molecule has 0 aliphatic heterocycles. The third-order valence-corrected chi connectivity index (χ3v) is 10.5. The highest BCUT2D eigenvalue weighted by molar-refractivity contribution is 6.27. The molecule has 3 nitrogen and oxygen atoms in total. The van der Waals surface area contributed by atoms with Gasteiger partial charge in [0.25, 0.3) is 0 Å². The van der Waals surface area contributed by atoms with E-state index < -0.39 is 0 Å². The number of fused-ring (bicyclic) bond motifs is 9. The lowest BCUT2D eigenvalue weighted by Gasteiger charge is -2.16. The van der Waals surface area contributed by atoms with Crippen LogP contribution < -0.4 is 0 Å². The van der Waals surface area contributed by atoms with Crippen LogP contribution in [0.25, 0.3) is 110 Å². The maximum Gasteiger partial charge on any atom is 0.143 e. The molecule has 0 radical (unpaired) electrons. The summed E-state index contributed by atoms with van der Waals surface area (Å²) in [6.45, 7) is 0. The van der Waals surface area contributed by atoms with Crippen molar-refractivity contribution in [3.05, 3.63) is 176 Å². The molecule has 11 aromatic rings. The first-order valence-electron chi connectivity index (χ1n) is 17.6. The second kappa shape index (κ2) is 11.3. The van der Waals surface area contributed by atoms with E-state index >= 15 is 0 Å². The number of pyridine rings is 1. The van der Waals surface area contributed by atoms with Crippen molar-refractivity contribution < 1.29 is 8.83 Å². The fraction of sp³-hybridized carbons (Fsp3) is 0. The van der Waals surface area contributed by atoms with Gasteiger partial charge in [-0.25, -0.2) is 4.98 Å². The lowest BCUT2D eigenvalue weighted by molar-refractivity contribution is 0.669. The van der Waals surface area contributed by atoms with Crippen molar-refractivity contribution >= 4 is 65.6 Å². The minimum Gasteiger partial charge on any atom is -0.456 e. The summed E-state index contributed by atoms with van der Waals surface area (Å²) in [5, 5.41) is 7.86. The van der Waals surface area contributed by atoms with Crippen LogP contribution >= 0.6 is 0 Å². The second-order valence-electron chi connectivity index (χ2n) is 13.4. The van der Waals surface area contributed by atoms with Crippen LogP contribution in [0.15, 0.2) is 185 Å². The highest BCUT2D eigenvalue weighted by Crippen LogP contribution is 2.46. The summed E-state index contributed by atoms with van der Waals surface area (Å²) in [6, 6.07) is 61.9. The van der Waals surface area contributed by atoms with E-state index in [9.17, 15) is 0 Å². The number of hydrogen-bond acceptors (Lipinski definition) is 3. The molecule has 0 unspecified atom stereocenters. The van der Waals surface area contributed by atoms with Gasteiger partial charge in [-0.1, -0.05) is 146 Å².